The first kappa shape index (κ1) is 21.1. The zero-order valence-electron chi connectivity index (χ0n) is 14.8. The molecule has 150 valence electrons. The molecule has 0 radical (unpaired) electrons. The number of benzene rings is 2. The van der Waals surface area contributed by atoms with Crippen LogP contribution in [0.3, 0.4) is 0 Å². The van der Waals surface area contributed by atoms with Crippen LogP contribution in [0.1, 0.15) is 27.0 Å². The Labute approximate surface area is 177 Å². The highest BCUT2D eigenvalue weighted by molar-refractivity contribution is 9.10. The van der Waals surface area contributed by atoms with Crippen molar-refractivity contribution < 1.29 is 18.0 Å². The van der Waals surface area contributed by atoms with Crippen molar-refractivity contribution in [2.24, 2.45) is 10.7 Å². The van der Waals surface area contributed by atoms with Gasteiger partial charge in [-0.05, 0) is 45.8 Å². The van der Waals surface area contributed by atoms with Gasteiger partial charge in [0.2, 0.25) is 0 Å². The number of carbonyl (C=O) groups is 1. The minimum Gasteiger partial charge on any atom is -0.383 e. The zero-order chi connectivity index (χ0) is 21.0. The first-order valence-electron chi connectivity index (χ1n) is 8.35. The van der Waals surface area contributed by atoms with Crippen molar-refractivity contribution in [3.05, 3.63) is 86.0 Å². The number of hydrogen-bond acceptors (Lipinski definition) is 3. The number of nitrogens with two attached hydrogens (primary N) is 1. The number of anilines is 1. The van der Waals surface area contributed by atoms with Gasteiger partial charge in [0.25, 0.3) is 5.91 Å². The Balaban J connectivity index is 1.76. The van der Waals surface area contributed by atoms with E-state index in [1.807, 2.05) is 0 Å². The van der Waals surface area contributed by atoms with Gasteiger partial charge in [-0.3, -0.25) is 4.79 Å². The van der Waals surface area contributed by atoms with E-state index in [-0.39, 0.29) is 12.4 Å². The molecule has 1 amide bonds. The number of amides is 1. The van der Waals surface area contributed by atoms with E-state index in [1.165, 1.54) is 23.5 Å². The Morgan fingerprint density at radius 1 is 1.07 bits per heavy atom. The van der Waals surface area contributed by atoms with Gasteiger partial charge in [0.05, 0.1) is 11.1 Å². The quantitative estimate of drug-likeness (QED) is 0.363. The highest BCUT2D eigenvalue weighted by Crippen LogP contribution is 2.29. The minimum absolute atomic E-state index is 0.0450. The molecule has 1 aromatic heterocycles. The van der Waals surface area contributed by atoms with Crippen LogP contribution in [0.15, 0.2) is 68.8 Å². The molecule has 0 saturated carbocycles. The number of nitrogens with zero attached hydrogens (tertiary/aromatic N) is 1. The molecule has 0 atom stereocenters. The van der Waals surface area contributed by atoms with Gasteiger partial charge in [-0.2, -0.15) is 29.5 Å². The molecule has 0 aliphatic rings. The van der Waals surface area contributed by atoms with E-state index in [0.717, 1.165) is 12.1 Å². The minimum atomic E-state index is -4.37. The number of nitrogens with one attached hydrogen (secondary N) is 1. The van der Waals surface area contributed by atoms with Gasteiger partial charge in [0, 0.05) is 33.0 Å². The molecule has 0 spiro atoms. The number of thiophene rings is 1. The molecule has 0 fully saturated rings. The Bertz CT molecular complexity index is 1050. The lowest BCUT2D eigenvalue weighted by molar-refractivity contribution is -0.137. The van der Waals surface area contributed by atoms with Gasteiger partial charge in [0.15, 0.2) is 0 Å². The molecule has 0 unspecified atom stereocenters. The Hall–Kier alpha value is -2.65. The number of amidine groups is 1. The van der Waals surface area contributed by atoms with E-state index >= 15 is 0 Å². The van der Waals surface area contributed by atoms with Crippen LogP contribution >= 0.6 is 27.3 Å². The SMILES string of the molecule is NC(=NC(=O)c1cscc1Br)c1ccccc1NCc1ccc(C(F)(F)F)cc1. The molecule has 3 aromatic rings. The normalized spacial score (nSPS) is 12.1. The molecule has 4 nitrogen and oxygen atoms in total. The fourth-order valence-electron chi connectivity index (χ4n) is 2.53. The van der Waals surface area contributed by atoms with Crippen LogP contribution in [0.2, 0.25) is 0 Å². The van der Waals surface area contributed by atoms with Crippen molar-refractivity contribution in [1.29, 1.82) is 0 Å². The van der Waals surface area contributed by atoms with E-state index < -0.39 is 17.6 Å². The highest BCUT2D eigenvalue weighted by Gasteiger charge is 2.29. The Morgan fingerprint density at radius 3 is 2.38 bits per heavy atom. The van der Waals surface area contributed by atoms with Crippen LogP contribution in [-0.2, 0) is 12.7 Å². The van der Waals surface area contributed by atoms with E-state index in [9.17, 15) is 18.0 Å². The number of alkyl halides is 3. The van der Waals surface area contributed by atoms with Gasteiger partial charge in [-0.25, -0.2) is 0 Å². The van der Waals surface area contributed by atoms with Gasteiger partial charge in [-0.1, -0.05) is 24.3 Å². The summed E-state index contributed by atoms with van der Waals surface area (Å²) in [5, 5.41) is 6.58. The molecular weight excluding hydrogens is 467 g/mol. The fourth-order valence-corrected chi connectivity index (χ4v) is 3.97. The lowest BCUT2D eigenvalue weighted by Crippen LogP contribution is -2.18. The van der Waals surface area contributed by atoms with Gasteiger partial charge in [0.1, 0.15) is 5.84 Å². The van der Waals surface area contributed by atoms with Crippen molar-refractivity contribution in [1.82, 2.24) is 0 Å². The van der Waals surface area contributed by atoms with Crippen molar-refractivity contribution in [2.45, 2.75) is 12.7 Å². The Kier molecular flexibility index (Phi) is 6.39. The third-order valence-corrected chi connectivity index (χ3v) is 5.74. The molecule has 3 rings (SSSR count). The molecule has 1 heterocycles. The van der Waals surface area contributed by atoms with E-state index in [2.05, 4.69) is 26.2 Å². The van der Waals surface area contributed by atoms with Crippen LogP contribution in [-0.4, -0.2) is 11.7 Å². The molecule has 0 bridgehead atoms. The van der Waals surface area contributed by atoms with Crippen LogP contribution in [0.25, 0.3) is 0 Å². The number of halogens is 4. The first-order valence-corrected chi connectivity index (χ1v) is 10.1. The number of aliphatic imine (C=N–C) groups is 1. The maximum absolute atomic E-state index is 12.7. The summed E-state index contributed by atoms with van der Waals surface area (Å²) in [6.45, 7) is 0.284. The number of rotatable bonds is 5. The smallest absolute Gasteiger partial charge is 0.383 e. The summed E-state index contributed by atoms with van der Waals surface area (Å²) in [6, 6.07) is 11.9. The number of hydrogen-bond donors (Lipinski definition) is 2. The average molecular weight is 482 g/mol. The largest absolute Gasteiger partial charge is 0.416 e. The lowest BCUT2D eigenvalue weighted by atomic mass is 10.1. The second kappa shape index (κ2) is 8.79. The van der Waals surface area contributed by atoms with E-state index in [1.54, 1.807) is 35.0 Å². The highest BCUT2D eigenvalue weighted by atomic mass is 79.9. The summed E-state index contributed by atoms with van der Waals surface area (Å²) in [6.07, 6.45) is -4.37. The molecule has 0 saturated heterocycles. The summed E-state index contributed by atoms with van der Waals surface area (Å²) in [5.41, 5.74) is 7.58. The monoisotopic (exact) mass is 481 g/mol. The van der Waals surface area contributed by atoms with E-state index in [0.29, 0.717) is 26.9 Å². The zero-order valence-corrected chi connectivity index (χ0v) is 17.2. The summed E-state index contributed by atoms with van der Waals surface area (Å²) < 4.78 is 38.7. The summed E-state index contributed by atoms with van der Waals surface area (Å²) in [4.78, 5) is 16.3. The van der Waals surface area contributed by atoms with Crippen molar-refractivity contribution in [2.75, 3.05) is 5.32 Å². The molecule has 9 heteroatoms. The summed E-state index contributed by atoms with van der Waals surface area (Å²) >= 11 is 4.66. The second-order valence-electron chi connectivity index (χ2n) is 6.03. The fraction of sp³-hybridized carbons (Fsp3) is 0.100. The topological polar surface area (TPSA) is 67.5 Å². The molecule has 0 aliphatic carbocycles. The van der Waals surface area contributed by atoms with Crippen LogP contribution < -0.4 is 11.1 Å². The average Bonchev–Trinajstić information content (AvgIpc) is 3.12. The van der Waals surface area contributed by atoms with Gasteiger partial charge >= 0.3 is 6.18 Å². The van der Waals surface area contributed by atoms with Crippen molar-refractivity contribution in [3.8, 4) is 0 Å². The predicted molar refractivity (Wildman–Crippen MR) is 112 cm³/mol. The van der Waals surface area contributed by atoms with Gasteiger partial charge in [-0.15, -0.1) is 0 Å². The Morgan fingerprint density at radius 2 is 1.76 bits per heavy atom. The van der Waals surface area contributed by atoms with Crippen LogP contribution in [0.5, 0.6) is 0 Å². The molecule has 29 heavy (non-hydrogen) atoms. The number of para-hydroxylation sites is 1. The van der Waals surface area contributed by atoms with Gasteiger partial charge < -0.3 is 11.1 Å². The molecule has 2 aromatic carbocycles. The maximum atomic E-state index is 12.7. The van der Waals surface area contributed by atoms with Crippen LogP contribution in [0, 0.1) is 0 Å². The van der Waals surface area contributed by atoms with Crippen molar-refractivity contribution >= 4 is 44.7 Å². The van der Waals surface area contributed by atoms with E-state index in [4.69, 9.17) is 5.73 Å². The second-order valence-corrected chi connectivity index (χ2v) is 7.63. The molecule has 0 aliphatic heterocycles. The van der Waals surface area contributed by atoms with Crippen molar-refractivity contribution in [3.63, 3.8) is 0 Å². The molecular formula is C20H15BrF3N3OS. The maximum Gasteiger partial charge on any atom is 0.416 e. The summed E-state index contributed by atoms with van der Waals surface area (Å²) in [7, 11) is 0. The summed E-state index contributed by atoms with van der Waals surface area (Å²) in [5.74, 6) is -0.420. The first-order chi connectivity index (χ1) is 13.8. The molecule has 3 N–H and O–H groups in total. The third kappa shape index (κ3) is 5.24. The standard InChI is InChI=1S/C20H15BrF3N3OS/c21-16-11-29-10-15(16)19(28)27-18(25)14-3-1-2-4-17(14)26-9-12-5-7-13(8-6-12)20(22,23)24/h1-8,10-11,26H,9H2,(H2,25,27,28). The predicted octanol–water partition coefficient (Wildman–Crippen LogP) is 5.69. The lowest BCUT2D eigenvalue weighted by Gasteiger charge is -2.12. The number of carbonyl (C=O) groups excluding carboxylic acids is 1. The van der Waals surface area contributed by atoms with Crippen LogP contribution in [0.4, 0.5) is 18.9 Å². The third-order valence-electron chi connectivity index (χ3n) is 4.03.